The Bertz CT molecular complexity index is 940. The van der Waals surface area contributed by atoms with E-state index in [1.165, 1.54) is 36.2 Å². The van der Waals surface area contributed by atoms with Crippen LogP contribution in [0, 0.1) is 0 Å². The van der Waals surface area contributed by atoms with Crippen LogP contribution in [0.1, 0.15) is 12.5 Å². The number of rotatable bonds is 3. The van der Waals surface area contributed by atoms with Crippen molar-refractivity contribution in [3.8, 4) is 17.1 Å². The van der Waals surface area contributed by atoms with E-state index in [0.717, 1.165) is 6.20 Å². The lowest BCUT2D eigenvalue weighted by atomic mass is 9.96. The first-order valence-electron chi connectivity index (χ1n) is 6.97. The minimum atomic E-state index is -4.88. The van der Waals surface area contributed by atoms with Crippen LogP contribution in [-0.2, 0) is 5.60 Å². The molecule has 0 bridgehead atoms. The van der Waals surface area contributed by atoms with Crippen molar-refractivity contribution < 1.29 is 23.0 Å². The highest BCUT2D eigenvalue weighted by molar-refractivity contribution is 9.10. The van der Waals surface area contributed by atoms with Crippen LogP contribution in [0.4, 0.5) is 13.2 Å². The molecule has 1 N–H and O–H groups in total. The van der Waals surface area contributed by atoms with E-state index in [-0.39, 0.29) is 5.75 Å². The third-order valence-electron chi connectivity index (χ3n) is 3.77. The van der Waals surface area contributed by atoms with Crippen molar-refractivity contribution in [3.05, 3.63) is 41.0 Å². The molecule has 1 atom stereocenters. The minimum Gasteiger partial charge on any atom is -0.496 e. The number of aliphatic hydroxyl groups is 1. The third kappa shape index (κ3) is 2.95. The Morgan fingerprint density at radius 2 is 1.96 bits per heavy atom. The largest absolute Gasteiger partial charge is 0.496 e. The monoisotopic (exact) mass is 416 g/mol. The molecular weight excluding hydrogens is 405 g/mol. The van der Waals surface area contributed by atoms with E-state index in [2.05, 4.69) is 30.9 Å². The Labute approximate surface area is 148 Å². The first-order valence-corrected chi connectivity index (χ1v) is 7.77. The number of imidazole rings is 1. The van der Waals surface area contributed by atoms with E-state index in [0.29, 0.717) is 28.6 Å². The maximum atomic E-state index is 13.3. The van der Waals surface area contributed by atoms with Gasteiger partial charge in [-0.05, 0) is 22.9 Å². The zero-order valence-corrected chi connectivity index (χ0v) is 14.6. The molecule has 3 rings (SSSR count). The summed E-state index contributed by atoms with van der Waals surface area (Å²) in [5.41, 5.74) is -2.36. The van der Waals surface area contributed by atoms with Crippen molar-refractivity contribution in [1.82, 2.24) is 19.4 Å². The Morgan fingerprint density at radius 1 is 1.24 bits per heavy atom. The summed E-state index contributed by atoms with van der Waals surface area (Å²) in [7, 11) is 1.23. The molecule has 10 heteroatoms. The molecule has 0 saturated heterocycles. The van der Waals surface area contributed by atoms with Gasteiger partial charge in [0, 0.05) is 12.3 Å². The van der Waals surface area contributed by atoms with E-state index < -0.39 is 17.3 Å². The topological polar surface area (TPSA) is 72.5 Å². The number of pyridine rings is 1. The average molecular weight is 417 g/mol. The molecule has 1 unspecified atom stereocenters. The molecule has 25 heavy (non-hydrogen) atoms. The molecule has 0 aliphatic heterocycles. The fourth-order valence-corrected chi connectivity index (χ4v) is 2.66. The molecule has 6 nitrogen and oxygen atoms in total. The zero-order valence-electron chi connectivity index (χ0n) is 13.0. The first-order chi connectivity index (χ1) is 11.6. The van der Waals surface area contributed by atoms with Crippen molar-refractivity contribution in [2.45, 2.75) is 18.7 Å². The molecule has 3 aromatic rings. The third-order valence-corrected chi connectivity index (χ3v) is 4.16. The van der Waals surface area contributed by atoms with Crippen molar-refractivity contribution >= 4 is 21.6 Å². The fourth-order valence-electron chi connectivity index (χ4n) is 2.35. The molecule has 0 aliphatic carbocycles. The summed E-state index contributed by atoms with van der Waals surface area (Å²) in [4.78, 5) is 12.4. The van der Waals surface area contributed by atoms with Crippen LogP contribution in [-0.4, -0.2) is 37.7 Å². The normalized spacial score (nSPS) is 14.5. The number of halogens is 4. The van der Waals surface area contributed by atoms with Crippen LogP contribution in [0.15, 0.2) is 35.5 Å². The molecule has 0 spiro atoms. The number of hydrogen-bond acceptors (Lipinski definition) is 5. The van der Waals surface area contributed by atoms with E-state index >= 15 is 0 Å². The van der Waals surface area contributed by atoms with Gasteiger partial charge in [-0.3, -0.25) is 9.38 Å². The van der Waals surface area contributed by atoms with Gasteiger partial charge in [0.05, 0.1) is 37.0 Å². The highest BCUT2D eigenvalue weighted by atomic mass is 79.9. The lowest BCUT2D eigenvalue weighted by Crippen LogP contribution is -2.39. The number of hydrogen-bond donors (Lipinski definition) is 1. The molecule has 0 fully saturated rings. The molecule has 3 heterocycles. The molecule has 3 aromatic heterocycles. The van der Waals surface area contributed by atoms with Gasteiger partial charge in [-0.15, -0.1) is 0 Å². The number of aromatic nitrogens is 4. The van der Waals surface area contributed by atoms with Crippen LogP contribution in [0.25, 0.3) is 17.0 Å². The summed E-state index contributed by atoms with van der Waals surface area (Å²) in [6.45, 7) is 0.673. The summed E-state index contributed by atoms with van der Waals surface area (Å²) < 4.78 is 46.7. The maximum absolute atomic E-state index is 13.3. The standard InChI is InChI=1S/C15H12BrF3N4O2/c1-14(24,15(17,18)19)8-7-23-10(9-4-20-6-12(16)22-9)5-21-13(23)3-11(8)25-2/h3-7,24H,1-2H3. The second-order valence-electron chi connectivity index (χ2n) is 5.42. The lowest BCUT2D eigenvalue weighted by molar-refractivity contribution is -0.259. The predicted octanol–water partition coefficient (Wildman–Crippen LogP) is 3.33. The van der Waals surface area contributed by atoms with Gasteiger partial charge in [0.25, 0.3) is 0 Å². The number of methoxy groups -OCH3 is 1. The van der Waals surface area contributed by atoms with Gasteiger partial charge in [0.15, 0.2) is 5.60 Å². The average Bonchev–Trinajstić information content (AvgIpc) is 2.95. The first kappa shape index (κ1) is 17.6. The Hall–Kier alpha value is -2.20. The Balaban J connectivity index is 2.27. The zero-order chi connectivity index (χ0) is 18.4. The summed E-state index contributed by atoms with van der Waals surface area (Å²) >= 11 is 3.19. The fraction of sp³-hybridized carbons (Fsp3) is 0.267. The molecular formula is C15H12BrF3N4O2. The maximum Gasteiger partial charge on any atom is 0.421 e. The van der Waals surface area contributed by atoms with Crippen LogP contribution in [0.3, 0.4) is 0 Å². The molecule has 0 saturated carbocycles. The Morgan fingerprint density at radius 3 is 2.56 bits per heavy atom. The lowest BCUT2D eigenvalue weighted by Gasteiger charge is -2.28. The van der Waals surface area contributed by atoms with Crippen LogP contribution in [0.5, 0.6) is 5.75 Å². The predicted molar refractivity (Wildman–Crippen MR) is 86.1 cm³/mol. The van der Waals surface area contributed by atoms with E-state index in [9.17, 15) is 18.3 Å². The SMILES string of the molecule is COc1cc2ncc(-c3cncc(Br)n3)n2cc1C(C)(O)C(F)(F)F. The van der Waals surface area contributed by atoms with Crippen molar-refractivity contribution in [2.75, 3.05) is 7.11 Å². The summed E-state index contributed by atoms with van der Waals surface area (Å²) in [6.07, 6.45) is 0.657. The summed E-state index contributed by atoms with van der Waals surface area (Å²) in [6, 6.07) is 1.32. The quantitative estimate of drug-likeness (QED) is 0.708. The van der Waals surface area contributed by atoms with Crippen LogP contribution in [0.2, 0.25) is 0 Å². The highest BCUT2D eigenvalue weighted by Crippen LogP contribution is 2.42. The van der Waals surface area contributed by atoms with Gasteiger partial charge in [-0.2, -0.15) is 13.2 Å². The van der Waals surface area contributed by atoms with Crippen molar-refractivity contribution in [1.29, 1.82) is 0 Å². The van der Waals surface area contributed by atoms with Crippen LogP contribution >= 0.6 is 15.9 Å². The number of nitrogens with zero attached hydrogens (tertiary/aromatic N) is 4. The van der Waals surface area contributed by atoms with Gasteiger partial charge in [0.1, 0.15) is 21.7 Å². The molecule has 0 aliphatic rings. The van der Waals surface area contributed by atoms with E-state index in [1.54, 1.807) is 0 Å². The molecule has 0 radical (unpaired) electrons. The second-order valence-corrected chi connectivity index (χ2v) is 6.24. The second kappa shape index (κ2) is 5.95. The highest BCUT2D eigenvalue weighted by Gasteiger charge is 2.53. The van der Waals surface area contributed by atoms with Crippen molar-refractivity contribution in [3.63, 3.8) is 0 Å². The van der Waals surface area contributed by atoms with E-state index in [1.807, 2.05) is 0 Å². The van der Waals surface area contributed by atoms with Gasteiger partial charge < -0.3 is 9.84 Å². The molecule has 0 amide bonds. The van der Waals surface area contributed by atoms with Crippen LogP contribution < -0.4 is 4.74 Å². The van der Waals surface area contributed by atoms with Gasteiger partial charge in [0.2, 0.25) is 0 Å². The Kier molecular flexibility index (Phi) is 4.20. The smallest absolute Gasteiger partial charge is 0.421 e. The van der Waals surface area contributed by atoms with Gasteiger partial charge >= 0.3 is 6.18 Å². The molecule has 132 valence electrons. The summed E-state index contributed by atoms with van der Waals surface area (Å²) in [5.74, 6) is -0.118. The van der Waals surface area contributed by atoms with Gasteiger partial charge in [-0.25, -0.2) is 9.97 Å². The molecule has 0 aromatic carbocycles. The number of fused-ring (bicyclic) bond motifs is 1. The van der Waals surface area contributed by atoms with Crippen molar-refractivity contribution in [2.24, 2.45) is 0 Å². The number of ether oxygens (including phenoxy) is 1. The van der Waals surface area contributed by atoms with Gasteiger partial charge in [-0.1, -0.05) is 0 Å². The van der Waals surface area contributed by atoms with E-state index in [4.69, 9.17) is 4.74 Å². The summed E-state index contributed by atoms with van der Waals surface area (Å²) in [5, 5.41) is 10.1. The minimum absolute atomic E-state index is 0.118. The number of alkyl halides is 3.